The lowest BCUT2D eigenvalue weighted by atomic mass is 9.67. The van der Waals surface area contributed by atoms with Crippen molar-refractivity contribution in [2.24, 2.45) is 23.7 Å². The third-order valence-electron chi connectivity index (χ3n) is 12.3. The topological polar surface area (TPSA) is 104 Å². The maximum Gasteiger partial charge on any atom is 0.306 e. The van der Waals surface area contributed by atoms with Crippen molar-refractivity contribution >= 4 is 23.1 Å². The lowest BCUT2D eigenvalue weighted by molar-refractivity contribution is -0.150. The van der Waals surface area contributed by atoms with E-state index in [1.54, 1.807) is 18.3 Å². The number of thiazole rings is 1. The fraction of sp³-hybridized carbons (Fsp3) is 0.625. The average Bonchev–Trinajstić information content (AvgIpc) is 3.41. The number of cyclic esters (lactones) is 1. The molecule has 1 aromatic heterocycles. The van der Waals surface area contributed by atoms with Gasteiger partial charge in [-0.1, -0.05) is 38.5 Å². The van der Waals surface area contributed by atoms with Crippen LogP contribution in [0.3, 0.4) is 0 Å². The van der Waals surface area contributed by atoms with Crippen LogP contribution in [0, 0.1) is 29.5 Å². The number of benzene rings is 1. The Bertz CT molecular complexity index is 1660. The van der Waals surface area contributed by atoms with Crippen molar-refractivity contribution < 1.29 is 38.0 Å². The number of carbonyl (C=O) groups is 2. The van der Waals surface area contributed by atoms with Crippen LogP contribution in [0.4, 0.5) is 4.39 Å². The highest BCUT2D eigenvalue weighted by Gasteiger charge is 2.57. The number of halogens is 1. The standard InChI is InChI=1S/C40H50FNO7S/c1-6-25-10-8-7-9-21(2)35(44)30-19-28-27-17-26(49-38(45)36(47-5)22(3)46-4)18-31(27)37-34(33(28)29(30)20-32(43)48-25)42-39(50-37)40(15-16-40)23-11-13-24(41)14-12-23/h11-14,19,21,25-29,31,33,38,45H,6-10,15-18,20H2,1-5H3/b36-22+/t21-,25+,26+,27+,28+,29-,31?,33-,38?/m1/s1. The van der Waals surface area contributed by atoms with Crippen molar-refractivity contribution in [1.29, 1.82) is 0 Å². The summed E-state index contributed by atoms with van der Waals surface area (Å²) >= 11 is 1.74. The van der Waals surface area contributed by atoms with Gasteiger partial charge in [-0.05, 0) is 93.4 Å². The number of hydrogen-bond acceptors (Lipinski definition) is 9. The molecule has 2 unspecified atom stereocenters. The number of hydrogen-bond donors (Lipinski definition) is 1. The largest absolute Gasteiger partial charge is 0.498 e. The molecular weight excluding hydrogens is 658 g/mol. The zero-order chi connectivity index (χ0) is 35.3. The van der Waals surface area contributed by atoms with E-state index < -0.39 is 6.29 Å². The van der Waals surface area contributed by atoms with E-state index >= 15 is 0 Å². The second-order valence-electron chi connectivity index (χ2n) is 15.1. The van der Waals surface area contributed by atoms with Crippen molar-refractivity contribution in [2.45, 2.75) is 121 Å². The third-order valence-corrected chi connectivity index (χ3v) is 13.7. The molecule has 0 bridgehead atoms. The fourth-order valence-electron chi connectivity index (χ4n) is 9.35. The summed E-state index contributed by atoms with van der Waals surface area (Å²) in [6.07, 6.45) is 8.14. The molecule has 1 aromatic carbocycles. The molecule has 0 radical (unpaired) electrons. The van der Waals surface area contributed by atoms with Crippen LogP contribution in [0.1, 0.15) is 118 Å². The Morgan fingerprint density at radius 2 is 1.84 bits per heavy atom. The van der Waals surface area contributed by atoms with Crippen LogP contribution in [0.2, 0.25) is 0 Å². The van der Waals surface area contributed by atoms with E-state index in [-0.39, 0.29) is 82.9 Å². The molecule has 3 fully saturated rings. The summed E-state index contributed by atoms with van der Waals surface area (Å²) in [5.74, 6) is -0.0612. The molecule has 2 saturated carbocycles. The van der Waals surface area contributed by atoms with Crippen molar-refractivity contribution in [3.8, 4) is 0 Å². The Morgan fingerprint density at radius 1 is 1.10 bits per heavy atom. The number of rotatable bonds is 8. The Labute approximate surface area is 298 Å². The molecule has 10 heteroatoms. The van der Waals surface area contributed by atoms with Gasteiger partial charge in [0.1, 0.15) is 22.7 Å². The van der Waals surface area contributed by atoms with E-state index in [1.807, 2.05) is 19.1 Å². The Balaban J connectivity index is 1.29. The molecule has 1 aliphatic heterocycles. The normalized spacial score (nSPS) is 32.9. The maximum atomic E-state index is 14.3. The molecule has 0 amide bonds. The quantitative estimate of drug-likeness (QED) is 0.168. The van der Waals surface area contributed by atoms with Gasteiger partial charge in [0.2, 0.25) is 6.29 Å². The number of carbonyl (C=O) groups excluding carboxylic acids is 2. The Morgan fingerprint density at radius 3 is 2.52 bits per heavy atom. The number of nitrogens with zero attached hydrogens (tertiary/aromatic N) is 1. The molecule has 50 heavy (non-hydrogen) atoms. The maximum absolute atomic E-state index is 14.3. The first kappa shape index (κ1) is 35.3. The predicted molar refractivity (Wildman–Crippen MR) is 187 cm³/mol. The van der Waals surface area contributed by atoms with E-state index in [1.165, 1.54) is 31.2 Å². The molecule has 4 aliphatic carbocycles. The lowest BCUT2D eigenvalue weighted by Crippen LogP contribution is -2.32. The van der Waals surface area contributed by atoms with Gasteiger partial charge in [0.15, 0.2) is 11.5 Å². The van der Waals surface area contributed by atoms with Gasteiger partial charge in [-0.15, -0.1) is 11.3 Å². The van der Waals surface area contributed by atoms with Gasteiger partial charge in [-0.25, -0.2) is 9.37 Å². The monoisotopic (exact) mass is 707 g/mol. The van der Waals surface area contributed by atoms with Crippen molar-refractivity contribution in [3.05, 3.63) is 74.4 Å². The summed E-state index contributed by atoms with van der Waals surface area (Å²) in [7, 11) is 3.01. The summed E-state index contributed by atoms with van der Waals surface area (Å²) in [4.78, 5) is 34.6. The number of esters is 1. The molecule has 8 nitrogen and oxygen atoms in total. The van der Waals surface area contributed by atoms with Crippen LogP contribution in [0.5, 0.6) is 0 Å². The number of ether oxygens (including phenoxy) is 4. The zero-order valence-electron chi connectivity index (χ0n) is 29.8. The molecule has 1 N–H and O–H groups in total. The van der Waals surface area contributed by atoms with Crippen LogP contribution in [-0.4, -0.2) is 54.6 Å². The number of Topliss-reactive ketones (excluding diaryl/α,β-unsaturated/α-hetero) is 1. The SMILES string of the molecule is CC[C@H]1CCCC[C@@H](C)C(=O)C2=C[C@@H]3[C@@H](c4nc(C5(c6ccc(F)cc6)CC5)sc4C4C[C@@H](OC(O)/C(OC)=C(/C)OC)C[C@H]43)[C@@H]2CC(=O)O1. The van der Waals surface area contributed by atoms with Gasteiger partial charge in [0.25, 0.3) is 0 Å². The first-order chi connectivity index (χ1) is 24.1. The van der Waals surface area contributed by atoms with E-state index in [0.29, 0.717) is 18.6 Å². The summed E-state index contributed by atoms with van der Waals surface area (Å²) in [5, 5.41) is 12.1. The van der Waals surface area contributed by atoms with Crippen LogP contribution < -0.4 is 0 Å². The van der Waals surface area contributed by atoms with Crippen molar-refractivity contribution in [2.75, 3.05) is 14.2 Å². The second kappa shape index (κ2) is 14.2. The smallest absolute Gasteiger partial charge is 0.306 e. The summed E-state index contributed by atoms with van der Waals surface area (Å²) in [5.41, 5.74) is 2.54. The van der Waals surface area contributed by atoms with Crippen LogP contribution in [-0.2, 0) is 34.0 Å². The molecule has 0 spiro atoms. The Kier molecular flexibility index (Phi) is 10.00. The first-order valence-corrected chi connectivity index (χ1v) is 19.2. The number of aliphatic hydroxyl groups excluding tert-OH is 1. The van der Waals surface area contributed by atoms with Gasteiger partial charge < -0.3 is 24.1 Å². The van der Waals surface area contributed by atoms with Crippen molar-refractivity contribution in [1.82, 2.24) is 4.98 Å². The summed E-state index contributed by atoms with van der Waals surface area (Å²) in [6.45, 7) is 5.81. The Hall–Kier alpha value is -3.08. The highest BCUT2D eigenvalue weighted by molar-refractivity contribution is 7.12. The minimum atomic E-state index is -1.29. The minimum Gasteiger partial charge on any atom is -0.498 e. The molecule has 5 aliphatic rings. The van der Waals surface area contributed by atoms with Crippen LogP contribution in [0.25, 0.3) is 0 Å². The van der Waals surface area contributed by atoms with Gasteiger partial charge in [-0.3, -0.25) is 9.59 Å². The molecule has 9 atom stereocenters. The third kappa shape index (κ3) is 6.34. The predicted octanol–water partition coefficient (Wildman–Crippen LogP) is 7.84. The fourth-order valence-corrected chi connectivity index (χ4v) is 10.9. The average molecular weight is 708 g/mol. The molecule has 2 heterocycles. The molecule has 270 valence electrons. The van der Waals surface area contributed by atoms with Crippen molar-refractivity contribution in [3.63, 3.8) is 0 Å². The number of ketones is 1. The molecular formula is C40H50FNO7S. The van der Waals surface area contributed by atoms with Crippen LogP contribution >= 0.6 is 11.3 Å². The van der Waals surface area contributed by atoms with E-state index in [2.05, 4.69) is 13.0 Å². The highest BCUT2D eigenvalue weighted by atomic mass is 32.1. The van der Waals surface area contributed by atoms with Gasteiger partial charge in [0, 0.05) is 34.0 Å². The highest BCUT2D eigenvalue weighted by Crippen LogP contribution is 2.64. The number of aromatic nitrogens is 1. The minimum absolute atomic E-state index is 0.0108. The molecule has 2 aromatic rings. The van der Waals surface area contributed by atoms with E-state index in [0.717, 1.165) is 66.8 Å². The number of aliphatic hydroxyl groups is 1. The summed E-state index contributed by atoms with van der Waals surface area (Å²) in [6, 6.07) is 6.79. The lowest BCUT2D eigenvalue weighted by Gasteiger charge is -2.37. The number of fused-ring (bicyclic) bond motifs is 8. The molecule has 7 rings (SSSR count). The zero-order valence-corrected chi connectivity index (χ0v) is 30.6. The first-order valence-electron chi connectivity index (χ1n) is 18.4. The van der Waals surface area contributed by atoms with E-state index in [4.69, 9.17) is 23.9 Å². The molecule has 1 saturated heterocycles. The van der Waals surface area contributed by atoms with Crippen LogP contribution in [0.15, 0.2) is 47.4 Å². The van der Waals surface area contributed by atoms with Gasteiger partial charge in [0.05, 0.1) is 32.4 Å². The second-order valence-corrected chi connectivity index (χ2v) is 16.2. The number of methoxy groups -OCH3 is 2. The van der Waals surface area contributed by atoms with E-state index in [9.17, 15) is 19.1 Å². The van der Waals surface area contributed by atoms with Gasteiger partial charge >= 0.3 is 5.97 Å². The number of allylic oxidation sites excluding steroid dienone is 3. The summed E-state index contributed by atoms with van der Waals surface area (Å²) < 4.78 is 37.1. The van der Waals surface area contributed by atoms with Gasteiger partial charge in [-0.2, -0.15) is 0 Å².